The van der Waals surface area contributed by atoms with Gasteiger partial charge >= 0.3 is 0 Å². The molecule has 0 aliphatic carbocycles. The zero-order chi connectivity index (χ0) is 15.4. The summed E-state index contributed by atoms with van der Waals surface area (Å²) in [6.45, 7) is 2.62. The monoisotopic (exact) mass is 299 g/mol. The molecule has 6 nitrogen and oxygen atoms in total. The number of nitrogens with zero attached hydrogens (tertiary/aromatic N) is 3. The molecule has 1 aromatic carbocycles. The molecule has 0 radical (unpaired) electrons. The summed E-state index contributed by atoms with van der Waals surface area (Å²) in [6.07, 6.45) is 5.45. The molecular weight excluding hydrogens is 278 g/mol. The van der Waals surface area contributed by atoms with Gasteiger partial charge in [0.25, 0.3) is 0 Å². The van der Waals surface area contributed by atoms with Gasteiger partial charge in [0.1, 0.15) is 5.75 Å². The van der Waals surface area contributed by atoms with E-state index in [1.165, 1.54) is 0 Å². The van der Waals surface area contributed by atoms with Crippen LogP contribution in [0.2, 0.25) is 0 Å². The Bertz CT molecular complexity index is 591. The lowest BCUT2D eigenvalue weighted by Gasteiger charge is -2.31. The van der Waals surface area contributed by atoms with Crippen LogP contribution in [-0.2, 0) is 0 Å². The molecule has 1 aliphatic heterocycles. The maximum absolute atomic E-state index is 5.84. The fourth-order valence-corrected chi connectivity index (χ4v) is 2.57. The number of hydrogen-bond donors (Lipinski definition) is 2. The zero-order valence-corrected chi connectivity index (χ0v) is 12.5. The first-order chi connectivity index (χ1) is 10.7. The van der Waals surface area contributed by atoms with E-state index in [0.717, 1.165) is 49.9 Å². The molecule has 0 unspecified atom stereocenters. The highest BCUT2D eigenvalue weighted by Gasteiger charge is 2.21. The van der Waals surface area contributed by atoms with Crippen molar-refractivity contribution in [1.29, 1.82) is 0 Å². The highest BCUT2D eigenvalue weighted by Crippen LogP contribution is 2.22. The lowest BCUT2D eigenvalue weighted by Crippen LogP contribution is -2.36. The van der Waals surface area contributed by atoms with E-state index in [-0.39, 0.29) is 0 Å². The van der Waals surface area contributed by atoms with Crippen molar-refractivity contribution in [3.05, 3.63) is 36.7 Å². The number of ether oxygens (including phenoxy) is 1. The molecule has 1 saturated heterocycles. The lowest BCUT2D eigenvalue weighted by atomic mass is 9.98. The zero-order valence-electron chi connectivity index (χ0n) is 12.5. The minimum atomic E-state index is 0.558. The number of aromatic nitrogens is 2. The minimum absolute atomic E-state index is 0.558. The molecule has 1 aromatic heterocycles. The summed E-state index contributed by atoms with van der Waals surface area (Å²) in [5.74, 6) is 2.19. The quantitative estimate of drug-likeness (QED) is 0.838. The number of benzene rings is 1. The Kier molecular flexibility index (Phi) is 4.27. The van der Waals surface area contributed by atoms with Crippen molar-refractivity contribution >= 4 is 17.3 Å². The lowest BCUT2D eigenvalue weighted by molar-refractivity contribution is 0.222. The van der Waals surface area contributed by atoms with Gasteiger partial charge in [0.05, 0.1) is 24.7 Å². The first kappa shape index (κ1) is 14.4. The number of nitrogen functional groups attached to an aromatic ring is 2. The summed E-state index contributed by atoms with van der Waals surface area (Å²) in [5.41, 5.74) is 12.6. The van der Waals surface area contributed by atoms with Crippen LogP contribution in [0.15, 0.2) is 36.7 Å². The van der Waals surface area contributed by atoms with Gasteiger partial charge in [-0.15, -0.1) is 0 Å². The summed E-state index contributed by atoms with van der Waals surface area (Å²) < 4.78 is 5.84. The molecule has 3 rings (SSSR count). The molecule has 0 saturated carbocycles. The molecule has 4 N–H and O–H groups in total. The average Bonchev–Trinajstić information content (AvgIpc) is 2.56. The Morgan fingerprint density at radius 1 is 1.00 bits per heavy atom. The maximum Gasteiger partial charge on any atom is 0.225 e. The van der Waals surface area contributed by atoms with Crippen molar-refractivity contribution in [2.24, 2.45) is 5.92 Å². The second kappa shape index (κ2) is 6.51. The van der Waals surface area contributed by atoms with Crippen LogP contribution in [0.1, 0.15) is 12.8 Å². The van der Waals surface area contributed by atoms with Gasteiger partial charge in [-0.3, -0.25) is 0 Å². The van der Waals surface area contributed by atoms with Crippen molar-refractivity contribution in [3.63, 3.8) is 0 Å². The minimum Gasteiger partial charge on any atom is -0.493 e. The van der Waals surface area contributed by atoms with Gasteiger partial charge in [-0.25, -0.2) is 9.97 Å². The molecule has 116 valence electrons. The number of rotatable bonds is 4. The maximum atomic E-state index is 5.84. The molecule has 0 bridgehead atoms. The Labute approximate surface area is 130 Å². The Balaban J connectivity index is 1.47. The van der Waals surface area contributed by atoms with E-state index in [4.69, 9.17) is 16.2 Å². The van der Waals surface area contributed by atoms with E-state index >= 15 is 0 Å². The van der Waals surface area contributed by atoms with Crippen LogP contribution < -0.4 is 21.1 Å². The summed E-state index contributed by atoms with van der Waals surface area (Å²) in [4.78, 5) is 10.7. The second-order valence-electron chi connectivity index (χ2n) is 5.63. The summed E-state index contributed by atoms with van der Waals surface area (Å²) in [6, 6.07) is 7.53. The third-order valence-electron chi connectivity index (χ3n) is 3.92. The summed E-state index contributed by atoms with van der Waals surface area (Å²) >= 11 is 0. The fourth-order valence-electron chi connectivity index (χ4n) is 2.57. The van der Waals surface area contributed by atoms with Crippen molar-refractivity contribution in [2.45, 2.75) is 12.8 Å². The van der Waals surface area contributed by atoms with Gasteiger partial charge in [-0.05, 0) is 43.0 Å². The predicted molar refractivity (Wildman–Crippen MR) is 87.7 cm³/mol. The normalized spacial score (nSPS) is 15.7. The molecule has 0 spiro atoms. The van der Waals surface area contributed by atoms with E-state index in [1.54, 1.807) is 12.4 Å². The highest BCUT2D eigenvalue weighted by atomic mass is 16.5. The topological polar surface area (TPSA) is 90.3 Å². The number of hydrogen-bond acceptors (Lipinski definition) is 6. The van der Waals surface area contributed by atoms with Crippen molar-refractivity contribution < 1.29 is 4.74 Å². The first-order valence-electron chi connectivity index (χ1n) is 7.51. The number of anilines is 3. The summed E-state index contributed by atoms with van der Waals surface area (Å²) in [7, 11) is 0. The van der Waals surface area contributed by atoms with E-state index in [2.05, 4.69) is 14.9 Å². The van der Waals surface area contributed by atoms with E-state index in [9.17, 15) is 0 Å². The number of piperidine rings is 1. The molecule has 6 heteroatoms. The molecule has 1 aliphatic rings. The molecule has 0 atom stereocenters. The molecule has 2 aromatic rings. The van der Waals surface area contributed by atoms with E-state index < -0.39 is 0 Å². The van der Waals surface area contributed by atoms with Gasteiger partial charge in [-0.2, -0.15) is 0 Å². The Morgan fingerprint density at radius 3 is 2.27 bits per heavy atom. The Hall–Kier alpha value is -2.50. The standard InChI is InChI=1S/C16H21N5O/c17-13-1-3-15(4-2-13)22-11-12-5-7-21(8-6-12)16-19-9-14(18)10-20-16/h1-4,9-10,12H,5-8,11,17-18H2. The Morgan fingerprint density at radius 2 is 1.64 bits per heavy atom. The number of nitrogens with two attached hydrogens (primary N) is 2. The average molecular weight is 299 g/mol. The second-order valence-corrected chi connectivity index (χ2v) is 5.63. The highest BCUT2D eigenvalue weighted by molar-refractivity contribution is 5.41. The van der Waals surface area contributed by atoms with Gasteiger partial charge in [0.2, 0.25) is 5.95 Å². The first-order valence-corrected chi connectivity index (χ1v) is 7.51. The van der Waals surface area contributed by atoms with Crippen LogP contribution in [-0.4, -0.2) is 29.7 Å². The summed E-state index contributed by atoms with van der Waals surface area (Å²) in [5, 5.41) is 0. The van der Waals surface area contributed by atoms with Crippen molar-refractivity contribution in [1.82, 2.24) is 9.97 Å². The van der Waals surface area contributed by atoms with Gasteiger partial charge < -0.3 is 21.1 Å². The molecular formula is C16H21N5O. The van der Waals surface area contributed by atoms with E-state index in [0.29, 0.717) is 11.6 Å². The predicted octanol–water partition coefficient (Wildman–Crippen LogP) is 1.94. The van der Waals surface area contributed by atoms with Crippen LogP contribution in [0.4, 0.5) is 17.3 Å². The third-order valence-corrected chi connectivity index (χ3v) is 3.92. The molecule has 22 heavy (non-hydrogen) atoms. The van der Waals surface area contributed by atoms with Crippen LogP contribution in [0.5, 0.6) is 5.75 Å². The van der Waals surface area contributed by atoms with Gasteiger partial charge in [-0.1, -0.05) is 0 Å². The third kappa shape index (κ3) is 3.58. The van der Waals surface area contributed by atoms with Crippen LogP contribution in [0, 0.1) is 5.92 Å². The van der Waals surface area contributed by atoms with E-state index in [1.807, 2.05) is 24.3 Å². The van der Waals surface area contributed by atoms with Gasteiger partial charge in [0.15, 0.2) is 0 Å². The molecule has 0 amide bonds. The molecule has 2 heterocycles. The van der Waals surface area contributed by atoms with Crippen LogP contribution in [0.25, 0.3) is 0 Å². The smallest absolute Gasteiger partial charge is 0.225 e. The van der Waals surface area contributed by atoms with Crippen LogP contribution >= 0.6 is 0 Å². The fraction of sp³-hybridized carbons (Fsp3) is 0.375. The van der Waals surface area contributed by atoms with Gasteiger partial charge in [0, 0.05) is 18.8 Å². The van der Waals surface area contributed by atoms with Crippen molar-refractivity contribution in [2.75, 3.05) is 36.1 Å². The largest absolute Gasteiger partial charge is 0.493 e. The van der Waals surface area contributed by atoms with Crippen molar-refractivity contribution in [3.8, 4) is 5.75 Å². The molecule has 1 fully saturated rings. The van der Waals surface area contributed by atoms with Crippen LogP contribution in [0.3, 0.4) is 0 Å². The SMILES string of the molecule is Nc1ccc(OCC2CCN(c3ncc(N)cn3)CC2)cc1.